The van der Waals surface area contributed by atoms with Crippen LogP contribution in [0.2, 0.25) is 0 Å². The van der Waals surface area contributed by atoms with Crippen molar-refractivity contribution >= 4 is 11.8 Å². The molecule has 0 fully saturated rings. The van der Waals surface area contributed by atoms with E-state index in [1.54, 1.807) is 0 Å². The molecule has 2 aromatic rings. The lowest BCUT2D eigenvalue weighted by Gasteiger charge is -2.22. The summed E-state index contributed by atoms with van der Waals surface area (Å²) in [5.74, 6) is -1.02. The van der Waals surface area contributed by atoms with Crippen molar-refractivity contribution in [3.8, 4) is 0 Å². The highest BCUT2D eigenvalue weighted by Crippen LogP contribution is 2.29. The number of alkyl halides is 3. The Morgan fingerprint density at radius 3 is 2.08 bits per heavy atom. The van der Waals surface area contributed by atoms with E-state index in [4.69, 9.17) is 5.73 Å². The first-order valence-corrected chi connectivity index (χ1v) is 7.56. The third-order valence-electron chi connectivity index (χ3n) is 3.59. The third-order valence-corrected chi connectivity index (χ3v) is 3.59. The molecule has 4 nitrogen and oxygen atoms in total. The highest BCUT2D eigenvalue weighted by Gasteiger charge is 2.30. The molecule has 2 aromatic carbocycles. The molecule has 25 heavy (non-hydrogen) atoms. The highest BCUT2D eigenvalue weighted by atomic mass is 19.4. The van der Waals surface area contributed by atoms with E-state index in [0.717, 1.165) is 29.8 Å². The molecule has 7 heteroatoms. The van der Waals surface area contributed by atoms with Gasteiger partial charge in [0.25, 0.3) is 5.91 Å². The van der Waals surface area contributed by atoms with Crippen LogP contribution in [0.15, 0.2) is 54.6 Å². The van der Waals surface area contributed by atoms with E-state index in [-0.39, 0.29) is 25.1 Å². The second-order valence-corrected chi connectivity index (χ2v) is 5.50. The smallest absolute Gasteiger partial charge is 0.370 e. The molecule has 0 heterocycles. The van der Waals surface area contributed by atoms with E-state index >= 15 is 0 Å². The Labute approximate surface area is 143 Å². The fraction of sp³-hybridized carbons (Fsp3) is 0.222. The quantitative estimate of drug-likeness (QED) is 0.869. The summed E-state index contributed by atoms with van der Waals surface area (Å²) < 4.78 is 37.9. The summed E-state index contributed by atoms with van der Waals surface area (Å²) >= 11 is 0. The van der Waals surface area contributed by atoms with Crippen LogP contribution in [0.3, 0.4) is 0 Å². The fourth-order valence-corrected chi connectivity index (χ4v) is 2.29. The van der Waals surface area contributed by atoms with Crippen LogP contribution >= 0.6 is 0 Å². The topological polar surface area (TPSA) is 63.4 Å². The molecule has 2 N–H and O–H groups in total. The van der Waals surface area contributed by atoms with Gasteiger partial charge in [-0.2, -0.15) is 13.2 Å². The van der Waals surface area contributed by atoms with Gasteiger partial charge in [-0.3, -0.25) is 9.59 Å². The van der Waals surface area contributed by atoms with Gasteiger partial charge in [0.2, 0.25) is 5.91 Å². The van der Waals surface area contributed by atoms with Crippen LogP contribution in [0.1, 0.15) is 27.9 Å². The average molecular weight is 350 g/mol. The third kappa shape index (κ3) is 5.34. The van der Waals surface area contributed by atoms with E-state index in [9.17, 15) is 22.8 Å². The van der Waals surface area contributed by atoms with Gasteiger partial charge in [-0.05, 0) is 29.8 Å². The van der Waals surface area contributed by atoms with Crippen molar-refractivity contribution in [1.82, 2.24) is 4.90 Å². The Morgan fingerprint density at radius 1 is 0.960 bits per heavy atom. The molecule has 2 rings (SSSR count). The zero-order valence-electron chi connectivity index (χ0n) is 13.3. The number of halogens is 3. The molecule has 0 radical (unpaired) electrons. The SMILES string of the molecule is NC(=O)CCN(Cc1ccccc1)C(=O)c1ccc(C(F)(F)F)cc1. The second kappa shape index (κ2) is 7.83. The molecule has 0 unspecified atom stereocenters. The fourth-order valence-electron chi connectivity index (χ4n) is 2.29. The summed E-state index contributed by atoms with van der Waals surface area (Å²) in [6, 6.07) is 13.1. The number of rotatable bonds is 6. The minimum Gasteiger partial charge on any atom is -0.370 e. The van der Waals surface area contributed by atoms with E-state index in [1.807, 2.05) is 30.3 Å². The number of amides is 2. The summed E-state index contributed by atoms with van der Waals surface area (Å²) in [6.07, 6.45) is -4.49. The Morgan fingerprint density at radius 2 is 1.56 bits per heavy atom. The van der Waals surface area contributed by atoms with Gasteiger partial charge in [0.1, 0.15) is 0 Å². The highest BCUT2D eigenvalue weighted by molar-refractivity contribution is 5.94. The molecule has 132 valence electrons. The molecule has 0 bridgehead atoms. The maximum absolute atomic E-state index is 12.6. The van der Waals surface area contributed by atoms with Crippen molar-refractivity contribution in [2.24, 2.45) is 5.73 Å². The molecular weight excluding hydrogens is 333 g/mol. The van der Waals surface area contributed by atoms with Crippen molar-refractivity contribution < 1.29 is 22.8 Å². The van der Waals surface area contributed by atoms with Crippen LogP contribution in [-0.4, -0.2) is 23.3 Å². The minimum absolute atomic E-state index is 0.0286. The Balaban J connectivity index is 2.20. The summed E-state index contributed by atoms with van der Waals surface area (Å²) in [5, 5.41) is 0. The lowest BCUT2D eigenvalue weighted by molar-refractivity contribution is -0.137. The number of primary amides is 1. The van der Waals surface area contributed by atoms with Crippen molar-refractivity contribution in [3.63, 3.8) is 0 Å². The van der Waals surface area contributed by atoms with Crippen molar-refractivity contribution in [3.05, 3.63) is 71.3 Å². The number of carbonyl (C=O) groups excluding carboxylic acids is 2. The molecule has 0 spiro atoms. The molecule has 0 aliphatic carbocycles. The van der Waals surface area contributed by atoms with Crippen LogP contribution in [0.5, 0.6) is 0 Å². The largest absolute Gasteiger partial charge is 0.416 e. The molecule has 0 atom stereocenters. The summed E-state index contributed by atoms with van der Waals surface area (Å²) in [7, 11) is 0. The van der Waals surface area contributed by atoms with Crippen molar-refractivity contribution in [2.45, 2.75) is 19.1 Å². The van der Waals surface area contributed by atoms with E-state index in [1.165, 1.54) is 4.90 Å². The maximum atomic E-state index is 12.6. The standard InChI is InChI=1S/C18H17F3N2O2/c19-18(20,21)15-8-6-14(7-9-15)17(25)23(11-10-16(22)24)12-13-4-2-1-3-5-13/h1-9H,10-12H2,(H2,22,24). The lowest BCUT2D eigenvalue weighted by Crippen LogP contribution is -2.33. The van der Waals surface area contributed by atoms with Crippen molar-refractivity contribution in [1.29, 1.82) is 0 Å². The Kier molecular flexibility index (Phi) is 5.80. The zero-order valence-corrected chi connectivity index (χ0v) is 13.3. The minimum atomic E-state index is -4.46. The molecule has 0 saturated carbocycles. The summed E-state index contributed by atoms with van der Waals surface area (Å²) in [6.45, 7) is 0.318. The van der Waals surface area contributed by atoms with Gasteiger partial charge in [0.05, 0.1) is 5.56 Å². The van der Waals surface area contributed by atoms with Gasteiger partial charge in [-0.25, -0.2) is 0 Å². The van der Waals surface area contributed by atoms with Crippen LogP contribution in [0.25, 0.3) is 0 Å². The Bertz CT molecular complexity index is 728. The van der Waals surface area contributed by atoms with Gasteiger partial charge < -0.3 is 10.6 Å². The monoisotopic (exact) mass is 350 g/mol. The number of carbonyl (C=O) groups is 2. The molecule has 0 aliphatic heterocycles. The summed E-state index contributed by atoms with van der Waals surface area (Å²) in [4.78, 5) is 25.0. The van der Waals surface area contributed by atoms with E-state index in [2.05, 4.69) is 0 Å². The summed E-state index contributed by atoms with van der Waals surface area (Å²) in [5.41, 5.74) is 5.27. The van der Waals surface area contributed by atoms with Crippen LogP contribution in [0.4, 0.5) is 13.2 Å². The van der Waals surface area contributed by atoms with Gasteiger partial charge in [-0.1, -0.05) is 30.3 Å². The maximum Gasteiger partial charge on any atom is 0.416 e. The van der Waals surface area contributed by atoms with Crippen LogP contribution < -0.4 is 5.73 Å². The molecular formula is C18H17F3N2O2. The molecule has 0 aliphatic rings. The first kappa shape index (κ1) is 18.5. The van der Waals surface area contributed by atoms with Crippen LogP contribution in [0, 0.1) is 0 Å². The predicted molar refractivity (Wildman–Crippen MR) is 86.4 cm³/mol. The van der Waals surface area contributed by atoms with Gasteiger partial charge in [0.15, 0.2) is 0 Å². The number of hydrogen-bond acceptors (Lipinski definition) is 2. The second-order valence-electron chi connectivity index (χ2n) is 5.50. The van der Waals surface area contributed by atoms with Crippen LogP contribution in [-0.2, 0) is 17.5 Å². The number of benzene rings is 2. The first-order valence-electron chi connectivity index (χ1n) is 7.56. The van der Waals surface area contributed by atoms with E-state index in [0.29, 0.717) is 0 Å². The predicted octanol–water partition coefficient (Wildman–Crippen LogP) is 3.22. The Hall–Kier alpha value is -2.83. The lowest BCUT2D eigenvalue weighted by atomic mass is 10.1. The number of hydrogen-bond donors (Lipinski definition) is 1. The van der Waals surface area contributed by atoms with E-state index < -0.39 is 23.6 Å². The first-order chi connectivity index (χ1) is 11.8. The van der Waals surface area contributed by atoms with Gasteiger partial charge in [-0.15, -0.1) is 0 Å². The number of nitrogens with zero attached hydrogens (tertiary/aromatic N) is 1. The molecule has 2 amide bonds. The van der Waals surface area contributed by atoms with Gasteiger partial charge >= 0.3 is 6.18 Å². The molecule has 0 aromatic heterocycles. The number of nitrogens with two attached hydrogens (primary N) is 1. The normalized spacial score (nSPS) is 11.2. The zero-order chi connectivity index (χ0) is 18.4. The van der Waals surface area contributed by atoms with Gasteiger partial charge in [0, 0.05) is 25.1 Å². The average Bonchev–Trinajstić information content (AvgIpc) is 2.58. The molecule has 0 saturated heterocycles. The van der Waals surface area contributed by atoms with Crippen molar-refractivity contribution in [2.75, 3.05) is 6.54 Å².